The second kappa shape index (κ2) is 6.55. The van der Waals surface area contributed by atoms with Crippen LogP contribution in [0.2, 0.25) is 0 Å². The van der Waals surface area contributed by atoms with Crippen LogP contribution in [0, 0.1) is 0 Å². The Hall–Kier alpha value is -1.00. The Balaban J connectivity index is 2.55. The molecular weight excluding hydrogens is 222 g/mol. The van der Waals surface area contributed by atoms with E-state index in [2.05, 4.69) is 5.32 Å². The Kier molecular flexibility index (Phi) is 5.35. The number of hydrogen-bond acceptors (Lipinski definition) is 3. The fraction of sp³-hybridized carbons (Fsp3) is 0.417. The van der Waals surface area contributed by atoms with Crippen molar-refractivity contribution in [3.8, 4) is 0 Å². The lowest BCUT2D eigenvalue weighted by molar-refractivity contribution is -0.116. The van der Waals surface area contributed by atoms with Crippen LogP contribution in [0.5, 0.6) is 0 Å². The lowest BCUT2D eigenvalue weighted by Gasteiger charge is -2.09. The van der Waals surface area contributed by atoms with Crippen molar-refractivity contribution in [2.75, 3.05) is 11.6 Å². The van der Waals surface area contributed by atoms with Crippen LogP contribution in [0.25, 0.3) is 0 Å². The summed E-state index contributed by atoms with van der Waals surface area (Å²) in [6, 6.07) is 7.24. The maximum Gasteiger partial charge on any atom is 0.225 e. The highest BCUT2D eigenvalue weighted by Crippen LogP contribution is 2.14. The number of benzene rings is 1. The van der Waals surface area contributed by atoms with Crippen LogP contribution in [0.3, 0.4) is 0 Å². The lowest BCUT2D eigenvalue weighted by Crippen LogP contribution is -2.16. The third kappa shape index (κ3) is 4.24. The van der Waals surface area contributed by atoms with Crippen molar-refractivity contribution in [1.82, 2.24) is 0 Å². The molecule has 16 heavy (non-hydrogen) atoms. The molecule has 0 aliphatic rings. The molecule has 0 fully saturated rings. The minimum absolute atomic E-state index is 0.00900. The number of aliphatic hydroxyl groups is 1. The molecule has 88 valence electrons. The van der Waals surface area contributed by atoms with Crippen molar-refractivity contribution < 1.29 is 9.90 Å². The van der Waals surface area contributed by atoms with Gasteiger partial charge in [-0.2, -0.15) is 11.8 Å². The van der Waals surface area contributed by atoms with Gasteiger partial charge in [-0.15, -0.1) is 0 Å². The summed E-state index contributed by atoms with van der Waals surface area (Å²) in [5, 5.41) is 12.1. The molecule has 1 atom stereocenters. The summed E-state index contributed by atoms with van der Waals surface area (Å²) in [7, 11) is 0. The summed E-state index contributed by atoms with van der Waals surface area (Å²) in [6.45, 7) is 2.01. The number of carbonyl (C=O) groups is 1. The van der Waals surface area contributed by atoms with Gasteiger partial charge in [-0.1, -0.05) is 19.1 Å². The maximum absolute atomic E-state index is 11.6. The molecule has 1 amide bonds. The van der Waals surface area contributed by atoms with Gasteiger partial charge < -0.3 is 10.4 Å². The normalized spacial score (nSPS) is 12.2. The lowest BCUT2D eigenvalue weighted by atomic mass is 10.2. The summed E-state index contributed by atoms with van der Waals surface area (Å²) >= 11 is 1.67. The van der Waals surface area contributed by atoms with E-state index in [9.17, 15) is 4.79 Å². The van der Waals surface area contributed by atoms with Crippen LogP contribution in [-0.4, -0.2) is 22.5 Å². The molecule has 0 spiro atoms. The first-order valence-electron chi connectivity index (χ1n) is 5.18. The largest absolute Gasteiger partial charge is 0.392 e. The van der Waals surface area contributed by atoms with E-state index in [1.165, 1.54) is 0 Å². The van der Waals surface area contributed by atoms with E-state index in [1.807, 2.05) is 31.4 Å². The highest BCUT2D eigenvalue weighted by atomic mass is 32.2. The van der Waals surface area contributed by atoms with Gasteiger partial charge in [-0.05, 0) is 24.0 Å². The van der Waals surface area contributed by atoms with E-state index in [0.29, 0.717) is 11.7 Å². The molecule has 0 aliphatic carbocycles. The molecule has 3 nitrogen and oxygen atoms in total. The smallest absolute Gasteiger partial charge is 0.225 e. The molecule has 0 aliphatic heterocycles. The van der Waals surface area contributed by atoms with E-state index in [1.54, 1.807) is 17.8 Å². The number of hydrogen-bond donors (Lipinski definition) is 2. The average Bonchev–Trinajstić information content (AvgIpc) is 2.28. The van der Waals surface area contributed by atoms with Gasteiger partial charge >= 0.3 is 0 Å². The molecule has 0 aromatic heterocycles. The summed E-state index contributed by atoms with van der Waals surface area (Å²) < 4.78 is 0. The number of amides is 1. The Bertz CT molecular complexity index is 355. The maximum atomic E-state index is 11.6. The number of anilines is 1. The zero-order valence-corrected chi connectivity index (χ0v) is 10.4. The molecule has 4 heteroatoms. The van der Waals surface area contributed by atoms with Gasteiger partial charge in [0.25, 0.3) is 0 Å². The highest BCUT2D eigenvalue weighted by Gasteiger charge is 2.07. The van der Waals surface area contributed by atoms with Crippen molar-refractivity contribution >= 4 is 23.4 Å². The standard InChI is InChI=1S/C12H17NO2S/c1-9(16-2)6-12(15)13-11-5-3-4-10(7-11)8-14/h3-5,7,9,14H,6,8H2,1-2H3,(H,13,15). The molecule has 2 N–H and O–H groups in total. The number of thioether (sulfide) groups is 1. The van der Waals surface area contributed by atoms with Crippen molar-refractivity contribution in [3.05, 3.63) is 29.8 Å². The van der Waals surface area contributed by atoms with Crippen LogP contribution in [-0.2, 0) is 11.4 Å². The van der Waals surface area contributed by atoms with Crippen molar-refractivity contribution in [2.45, 2.75) is 25.2 Å². The highest BCUT2D eigenvalue weighted by molar-refractivity contribution is 7.99. The van der Waals surface area contributed by atoms with E-state index in [0.717, 1.165) is 11.3 Å². The molecule has 1 aromatic rings. The third-order valence-corrected chi connectivity index (χ3v) is 3.24. The summed E-state index contributed by atoms with van der Waals surface area (Å²) in [5.74, 6) is 0.0111. The Labute approximate surface area is 100 Å². The fourth-order valence-corrected chi connectivity index (χ4v) is 1.62. The second-order valence-corrected chi connectivity index (χ2v) is 4.93. The van der Waals surface area contributed by atoms with Gasteiger partial charge in [-0.25, -0.2) is 0 Å². The minimum Gasteiger partial charge on any atom is -0.392 e. The first-order chi connectivity index (χ1) is 7.65. The molecule has 0 bridgehead atoms. The van der Waals surface area contributed by atoms with Gasteiger partial charge in [0.1, 0.15) is 0 Å². The zero-order valence-electron chi connectivity index (χ0n) is 9.56. The molecule has 0 saturated carbocycles. The molecule has 1 rings (SSSR count). The molecule has 0 radical (unpaired) electrons. The summed E-state index contributed by atoms with van der Waals surface area (Å²) in [5.41, 5.74) is 1.54. The molecular formula is C12H17NO2S. The number of aliphatic hydroxyl groups excluding tert-OH is 1. The van der Waals surface area contributed by atoms with Crippen molar-refractivity contribution in [3.63, 3.8) is 0 Å². The van der Waals surface area contributed by atoms with Gasteiger partial charge in [0.15, 0.2) is 0 Å². The fourth-order valence-electron chi connectivity index (χ4n) is 1.30. The van der Waals surface area contributed by atoms with Gasteiger partial charge in [0.05, 0.1) is 6.61 Å². The SMILES string of the molecule is CSC(C)CC(=O)Nc1cccc(CO)c1. The minimum atomic E-state index is -0.00900. The molecule has 0 heterocycles. The topological polar surface area (TPSA) is 49.3 Å². The van der Waals surface area contributed by atoms with Crippen LogP contribution in [0.4, 0.5) is 5.69 Å². The Morgan fingerprint density at radius 2 is 2.31 bits per heavy atom. The van der Waals surface area contributed by atoms with E-state index >= 15 is 0 Å². The average molecular weight is 239 g/mol. The predicted octanol–water partition coefficient (Wildman–Crippen LogP) is 2.26. The van der Waals surface area contributed by atoms with Crippen molar-refractivity contribution in [1.29, 1.82) is 0 Å². The van der Waals surface area contributed by atoms with Crippen LogP contribution in [0.1, 0.15) is 18.9 Å². The van der Waals surface area contributed by atoms with Crippen LogP contribution >= 0.6 is 11.8 Å². The quantitative estimate of drug-likeness (QED) is 0.828. The van der Waals surface area contributed by atoms with Gasteiger partial charge in [0.2, 0.25) is 5.91 Å². The number of nitrogens with one attached hydrogen (secondary N) is 1. The van der Waals surface area contributed by atoms with E-state index in [4.69, 9.17) is 5.11 Å². The first kappa shape index (κ1) is 13.1. The Morgan fingerprint density at radius 1 is 1.56 bits per heavy atom. The summed E-state index contributed by atoms with van der Waals surface area (Å²) in [6.07, 6.45) is 2.49. The molecule has 1 aromatic carbocycles. The second-order valence-electron chi connectivity index (χ2n) is 3.66. The van der Waals surface area contributed by atoms with Crippen LogP contribution < -0.4 is 5.32 Å². The monoisotopic (exact) mass is 239 g/mol. The zero-order chi connectivity index (χ0) is 12.0. The van der Waals surface area contributed by atoms with Gasteiger partial charge in [-0.3, -0.25) is 4.79 Å². The van der Waals surface area contributed by atoms with Crippen molar-refractivity contribution in [2.24, 2.45) is 0 Å². The van der Waals surface area contributed by atoms with E-state index < -0.39 is 0 Å². The number of carbonyl (C=O) groups excluding carboxylic acids is 1. The first-order valence-corrected chi connectivity index (χ1v) is 6.47. The van der Waals surface area contributed by atoms with E-state index in [-0.39, 0.29) is 12.5 Å². The third-order valence-electron chi connectivity index (χ3n) is 2.27. The Morgan fingerprint density at radius 3 is 2.94 bits per heavy atom. The predicted molar refractivity (Wildman–Crippen MR) is 68.6 cm³/mol. The number of rotatable bonds is 5. The van der Waals surface area contributed by atoms with Gasteiger partial charge in [0, 0.05) is 17.4 Å². The van der Waals surface area contributed by atoms with Crippen LogP contribution in [0.15, 0.2) is 24.3 Å². The molecule has 0 saturated heterocycles. The summed E-state index contributed by atoms with van der Waals surface area (Å²) in [4.78, 5) is 11.6. The molecule has 1 unspecified atom stereocenters.